The molecule has 1 aliphatic heterocycles. The van der Waals surface area contributed by atoms with Crippen molar-refractivity contribution in [2.45, 2.75) is 18.9 Å². The van der Waals surface area contributed by atoms with Gasteiger partial charge in [0.05, 0.1) is 12.5 Å². The van der Waals surface area contributed by atoms with Gasteiger partial charge in [-0.1, -0.05) is 23.7 Å². The van der Waals surface area contributed by atoms with Crippen LogP contribution in [0.1, 0.15) is 23.6 Å². The summed E-state index contributed by atoms with van der Waals surface area (Å²) < 4.78 is 0. The van der Waals surface area contributed by atoms with Crippen LogP contribution in [0.25, 0.3) is 0 Å². The Hall–Kier alpha value is -1.04. The normalized spacial score (nSPS) is 19.9. The Kier molecular flexibility index (Phi) is 2.72. The summed E-state index contributed by atoms with van der Waals surface area (Å²) in [6.45, 7) is 0.930. The van der Waals surface area contributed by atoms with Crippen molar-refractivity contribution >= 4 is 11.6 Å². The maximum atomic E-state index is 8.70. The number of nitrogens with one attached hydrogen (secondary N) is 1. The molecule has 0 radical (unpaired) electrons. The lowest BCUT2D eigenvalue weighted by atomic mass is 9.93. The van der Waals surface area contributed by atoms with Crippen LogP contribution in [-0.2, 0) is 6.42 Å². The summed E-state index contributed by atoms with van der Waals surface area (Å²) in [5.74, 6) is 0. The molecule has 0 saturated carbocycles. The first-order valence-corrected chi connectivity index (χ1v) is 5.08. The van der Waals surface area contributed by atoms with Gasteiger partial charge in [-0.3, -0.25) is 0 Å². The van der Waals surface area contributed by atoms with E-state index in [9.17, 15) is 0 Å². The number of hydrogen-bond acceptors (Lipinski definition) is 2. The van der Waals surface area contributed by atoms with Crippen molar-refractivity contribution < 1.29 is 0 Å². The van der Waals surface area contributed by atoms with Crippen LogP contribution in [0, 0.1) is 11.3 Å². The van der Waals surface area contributed by atoms with E-state index in [4.69, 9.17) is 16.9 Å². The Morgan fingerprint density at radius 1 is 1.57 bits per heavy atom. The molecule has 0 bridgehead atoms. The van der Waals surface area contributed by atoms with Crippen LogP contribution in [0.3, 0.4) is 0 Å². The fourth-order valence-electron chi connectivity index (χ4n) is 1.94. The van der Waals surface area contributed by atoms with Crippen LogP contribution >= 0.6 is 11.6 Å². The molecule has 1 heterocycles. The first kappa shape index (κ1) is 9.51. The van der Waals surface area contributed by atoms with Gasteiger partial charge in [0, 0.05) is 11.1 Å². The number of nitrogens with zero attached hydrogens (tertiary/aromatic N) is 1. The van der Waals surface area contributed by atoms with E-state index in [0.29, 0.717) is 6.42 Å². The van der Waals surface area contributed by atoms with E-state index in [1.807, 2.05) is 12.1 Å². The molecular formula is C11H11ClN2. The van der Waals surface area contributed by atoms with E-state index in [2.05, 4.69) is 17.5 Å². The number of hydrogen-bond donors (Lipinski definition) is 1. The predicted molar refractivity (Wildman–Crippen MR) is 56.1 cm³/mol. The molecule has 72 valence electrons. The van der Waals surface area contributed by atoms with Crippen molar-refractivity contribution in [1.29, 1.82) is 5.26 Å². The zero-order valence-electron chi connectivity index (χ0n) is 7.76. The van der Waals surface area contributed by atoms with E-state index >= 15 is 0 Å². The molecule has 1 unspecified atom stereocenters. The molecule has 1 atom stereocenters. The summed E-state index contributed by atoms with van der Waals surface area (Å²) in [6, 6.07) is 8.24. The van der Waals surface area contributed by atoms with Crippen molar-refractivity contribution in [2.75, 3.05) is 6.54 Å². The van der Waals surface area contributed by atoms with Gasteiger partial charge in [0.15, 0.2) is 0 Å². The smallest absolute Gasteiger partial charge is 0.0641 e. The monoisotopic (exact) mass is 206 g/mol. The molecule has 1 aromatic carbocycles. The van der Waals surface area contributed by atoms with Crippen LogP contribution in [0.15, 0.2) is 18.2 Å². The van der Waals surface area contributed by atoms with Gasteiger partial charge >= 0.3 is 0 Å². The van der Waals surface area contributed by atoms with Gasteiger partial charge < -0.3 is 5.32 Å². The lowest BCUT2D eigenvalue weighted by Crippen LogP contribution is -2.29. The molecule has 2 nitrogen and oxygen atoms in total. The largest absolute Gasteiger partial charge is 0.309 e. The summed E-state index contributed by atoms with van der Waals surface area (Å²) in [5, 5.41) is 12.8. The average molecular weight is 207 g/mol. The van der Waals surface area contributed by atoms with Crippen LogP contribution in [0.2, 0.25) is 5.02 Å². The third-order valence-corrected chi connectivity index (χ3v) is 2.90. The van der Waals surface area contributed by atoms with E-state index in [0.717, 1.165) is 23.6 Å². The second-order valence-corrected chi connectivity index (χ2v) is 3.84. The van der Waals surface area contributed by atoms with E-state index in [-0.39, 0.29) is 6.04 Å². The van der Waals surface area contributed by atoms with Crippen LogP contribution in [-0.4, -0.2) is 6.54 Å². The molecule has 0 spiro atoms. The Morgan fingerprint density at radius 3 is 3.21 bits per heavy atom. The minimum absolute atomic E-state index is 0.109. The Labute approximate surface area is 88.5 Å². The standard InChI is InChI=1S/C11H11ClN2/c12-9-3-1-2-8-5-7-14-10(4-6-13)11(8)9/h1-3,10,14H,4-5,7H2. The highest BCUT2D eigenvalue weighted by Crippen LogP contribution is 2.31. The Balaban J connectivity index is 2.42. The zero-order chi connectivity index (χ0) is 9.97. The van der Waals surface area contributed by atoms with Crippen molar-refractivity contribution in [3.8, 4) is 6.07 Å². The highest BCUT2D eigenvalue weighted by Gasteiger charge is 2.21. The van der Waals surface area contributed by atoms with Gasteiger partial charge in [0.1, 0.15) is 0 Å². The minimum Gasteiger partial charge on any atom is -0.309 e. The van der Waals surface area contributed by atoms with Gasteiger partial charge in [-0.15, -0.1) is 0 Å². The van der Waals surface area contributed by atoms with Gasteiger partial charge in [-0.05, 0) is 30.2 Å². The summed E-state index contributed by atoms with van der Waals surface area (Å²) in [4.78, 5) is 0. The summed E-state index contributed by atoms with van der Waals surface area (Å²) in [7, 11) is 0. The van der Waals surface area contributed by atoms with Gasteiger partial charge in [-0.2, -0.15) is 5.26 Å². The van der Waals surface area contributed by atoms with Crippen molar-refractivity contribution in [2.24, 2.45) is 0 Å². The van der Waals surface area contributed by atoms with Crippen LogP contribution < -0.4 is 5.32 Å². The highest BCUT2D eigenvalue weighted by atomic mass is 35.5. The van der Waals surface area contributed by atoms with Gasteiger partial charge in [0.25, 0.3) is 0 Å². The lowest BCUT2D eigenvalue weighted by molar-refractivity contribution is 0.513. The first-order chi connectivity index (χ1) is 6.83. The number of fused-ring (bicyclic) bond motifs is 1. The van der Waals surface area contributed by atoms with Crippen molar-refractivity contribution in [3.05, 3.63) is 34.3 Å². The number of nitriles is 1. The Morgan fingerprint density at radius 2 is 2.43 bits per heavy atom. The van der Waals surface area contributed by atoms with Crippen LogP contribution in [0.5, 0.6) is 0 Å². The number of rotatable bonds is 1. The summed E-state index contributed by atoms with van der Waals surface area (Å²) in [6.07, 6.45) is 1.48. The fourth-order valence-corrected chi connectivity index (χ4v) is 2.26. The maximum absolute atomic E-state index is 8.70. The van der Waals surface area contributed by atoms with E-state index < -0.39 is 0 Å². The second-order valence-electron chi connectivity index (χ2n) is 3.43. The molecule has 0 saturated heterocycles. The molecule has 1 aliphatic rings. The molecule has 0 fully saturated rings. The number of benzene rings is 1. The quantitative estimate of drug-likeness (QED) is 0.766. The highest BCUT2D eigenvalue weighted by molar-refractivity contribution is 6.31. The summed E-state index contributed by atoms with van der Waals surface area (Å²) >= 11 is 6.12. The minimum atomic E-state index is 0.109. The van der Waals surface area contributed by atoms with Crippen molar-refractivity contribution in [3.63, 3.8) is 0 Å². The zero-order valence-corrected chi connectivity index (χ0v) is 8.51. The molecular weight excluding hydrogens is 196 g/mol. The predicted octanol–water partition coefficient (Wildman–Crippen LogP) is 2.44. The van der Waals surface area contributed by atoms with Gasteiger partial charge in [-0.25, -0.2) is 0 Å². The maximum Gasteiger partial charge on any atom is 0.0641 e. The number of halogens is 1. The van der Waals surface area contributed by atoms with Gasteiger partial charge in [0.2, 0.25) is 0 Å². The molecule has 2 rings (SSSR count). The SMILES string of the molecule is N#CCC1NCCc2cccc(Cl)c21. The lowest BCUT2D eigenvalue weighted by Gasteiger charge is -2.26. The fraction of sp³-hybridized carbons (Fsp3) is 0.364. The first-order valence-electron chi connectivity index (χ1n) is 4.70. The third kappa shape index (κ3) is 1.61. The third-order valence-electron chi connectivity index (χ3n) is 2.57. The summed E-state index contributed by atoms with van der Waals surface area (Å²) in [5.41, 5.74) is 2.39. The van der Waals surface area contributed by atoms with Crippen LogP contribution in [0.4, 0.5) is 0 Å². The molecule has 3 heteroatoms. The van der Waals surface area contributed by atoms with E-state index in [1.165, 1.54) is 5.56 Å². The molecule has 0 aromatic heterocycles. The van der Waals surface area contributed by atoms with E-state index in [1.54, 1.807) is 0 Å². The van der Waals surface area contributed by atoms with Crippen molar-refractivity contribution in [1.82, 2.24) is 5.32 Å². The second kappa shape index (κ2) is 4.00. The molecule has 14 heavy (non-hydrogen) atoms. The molecule has 0 aliphatic carbocycles. The molecule has 1 N–H and O–H groups in total. The molecule has 1 aromatic rings. The Bertz CT molecular complexity index is 381. The topological polar surface area (TPSA) is 35.8 Å². The molecule has 0 amide bonds. The average Bonchev–Trinajstić information content (AvgIpc) is 2.19.